The van der Waals surface area contributed by atoms with Crippen molar-refractivity contribution >= 4 is 39.4 Å². The van der Waals surface area contributed by atoms with Gasteiger partial charge in [-0.1, -0.05) is 31.5 Å². The molecule has 0 aliphatic rings. The van der Waals surface area contributed by atoms with Crippen LogP contribution in [0.2, 0.25) is 0 Å². The molecule has 0 N–H and O–H groups in total. The van der Waals surface area contributed by atoms with Gasteiger partial charge in [-0.25, -0.2) is 4.57 Å². The molecule has 0 bridgehead atoms. The van der Waals surface area contributed by atoms with Gasteiger partial charge in [0.25, 0.3) is 0 Å². The van der Waals surface area contributed by atoms with E-state index in [4.69, 9.17) is 4.74 Å². The van der Waals surface area contributed by atoms with Gasteiger partial charge in [-0.3, -0.25) is 0 Å². The molecule has 4 rings (SSSR count). The Morgan fingerprint density at radius 2 is 1.63 bits per heavy atom. The maximum atomic E-state index is 9.75. The van der Waals surface area contributed by atoms with Gasteiger partial charge < -0.3 is 22.0 Å². The summed E-state index contributed by atoms with van der Waals surface area (Å²) in [7, 11) is -3.94. The Balaban J connectivity index is 0.000000461. The van der Waals surface area contributed by atoms with Crippen LogP contribution in [0.15, 0.2) is 60.9 Å². The molecule has 4 aromatic rings. The first kappa shape index (κ1) is 22.1. The van der Waals surface area contributed by atoms with Crippen LogP contribution in [0.25, 0.3) is 31.3 Å². The fourth-order valence-corrected chi connectivity index (χ4v) is 4.15. The molecule has 0 unspecified atom stereocenters. The zero-order valence-corrected chi connectivity index (χ0v) is 17.6. The third kappa shape index (κ3) is 6.19. The summed E-state index contributed by atoms with van der Waals surface area (Å²) in [6.07, 6.45) is 6.54. The van der Waals surface area contributed by atoms with Gasteiger partial charge in [0.05, 0.1) is 11.3 Å². The molecule has 0 spiro atoms. The highest BCUT2D eigenvalue weighted by atomic mass is 32.1. The Labute approximate surface area is 176 Å². The largest absolute Gasteiger partial charge is 0.673 e. The highest BCUT2D eigenvalue weighted by molar-refractivity contribution is 7.22. The molecule has 30 heavy (non-hydrogen) atoms. The fourth-order valence-electron chi connectivity index (χ4n) is 3.02. The Morgan fingerprint density at radius 3 is 2.37 bits per heavy atom. The van der Waals surface area contributed by atoms with Crippen LogP contribution >= 0.6 is 11.3 Å². The first-order chi connectivity index (χ1) is 14.2. The molecule has 8 heteroatoms. The second-order valence-corrected chi connectivity index (χ2v) is 8.04. The zero-order chi connectivity index (χ0) is 21.7. The summed E-state index contributed by atoms with van der Waals surface area (Å²) in [6, 6.07) is 17.5. The van der Waals surface area contributed by atoms with Gasteiger partial charge >= 0.3 is 7.25 Å². The van der Waals surface area contributed by atoms with Crippen molar-refractivity contribution in [2.75, 3.05) is 6.61 Å². The molecule has 2 aromatic heterocycles. The van der Waals surface area contributed by atoms with Crippen LogP contribution in [0.1, 0.15) is 19.8 Å². The number of aryl methyl sites for hydroxylation is 1. The first-order valence-corrected chi connectivity index (χ1v) is 10.5. The van der Waals surface area contributed by atoms with Crippen molar-refractivity contribution in [3.63, 3.8) is 0 Å². The molecule has 0 amide bonds. The molecular formula is C22H22BF4NOS. The monoisotopic (exact) mass is 435 g/mol. The van der Waals surface area contributed by atoms with E-state index in [1.165, 1.54) is 31.3 Å². The number of hydrogen-bond acceptors (Lipinski definition) is 2. The Hall–Kier alpha value is -2.61. The van der Waals surface area contributed by atoms with Gasteiger partial charge in [-0.15, -0.1) is 11.3 Å². The summed E-state index contributed by atoms with van der Waals surface area (Å²) in [6.45, 7) is 2.97. The van der Waals surface area contributed by atoms with E-state index in [0.717, 1.165) is 25.2 Å². The summed E-state index contributed by atoms with van der Waals surface area (Å²) in [5, 5.41) is 3.78. The number of pyridine rings is 1. The number of fused-ring (bicyclic) bond motifs is 2. The van der Waals surface area contributed by atoms with Crippen LogP contribution in [0.3, 0.4) is 0 Å². The van der Waals surface area contributed by atoms with Crippen LogP contribution in [0, 0.1) is 0 Å². The normalized spacial score (nSPS) is 11.4. The lowest BCUT2D eigenvalue weighted by Crippen LogP contribution is -2.25. The van der Waals surface area contributed by atoms with E-state index >= 15 is 0 Å². The lowest BCUT2D eigenvalue weighted by Gasteiger charge is -2.07. The van der Waals surface area contributed by atoms with E-state index in [0.29, 0.717) is 0 Å². The van der Waals surface area contributed by atoms with E-state index in [2.05, 4.69) is 79.5 Å². The highest BCUT2D eigenvalue weighted by Gasteiger charge is 2.20. The lowest BCUT2D eigenvalue weighted by atomic mass is 10.1. The quantitative estimate of drug-likeness (QED) is 0.142. The van der Waals surface area contributed by atoms with Gasteiger partial charge in [0.15, 0.2) is 12.4 Å². The second-order valence-electron chi connectivity index (χ2n) is 6.96. The zero-order valence-electron chi connectivity index (χ0n) is 16.7. The number of ether oxygens (including phenoxy) is 1. The second kappa shape index (κ2) is 9.47. The van der Waals surface area contributed by atoms with Crippen molar-refractivity contribution in [3.05, 3.63) is 60.9 Å². The number of halogens is 4. The Bertz CT molecular complexity index is 1140. The lowest BCUT2D eigenvalue weighted by molar-refractivity contribution is -0.670. The maximum Gasteiger partial charge on any atom is 0.673 e. The molecule has 0 saturated carbocycles. The van der Waals surface area contributed by atoms with E-state index < -0.39 is 7.25 Å². The number of benzene rings is 2. The summed E-state index contributed by atoms with van der Waals surface area (Å²) < 4.78 is 48.2. The van der Waals surface area contributed by atoms with Crippen molar-refractivity contribution in [3.8, 4) is 16.2 Å². The van der Waals surface area contributed by atoms with Crippen molar-refractivity contribution in [1.29, 1.82) is 0 Å². The van der Waals surface area contributed by atoms with Crippen molar-refractivity contribution in [2.45, 2.75) is 19.8 Å². The molecule has 0 radical (unpaired) electrons. The molecule has 0 aliphatic heterocycles. The van der Waals surface area contributed by atoms with Crippen molar-refractivity contribution in [2.24, 2.45) is 7.05 Å². The third-order valence-corrected chi connectivity index (χ3v) is 5.60. The Kier molecular flexibility index (Phi) is 6.97. The number of nitrogens with zero attached hydrogens (tertiary/aromatic N) is 1. The SMILES string of the molecule is CCCCOc1ccc2cc(-c3cc4cc[n+](C)cc4s3)ccc2c1.F[B-](F)(F)F. The number of thiophene rings is 1. The topological polar surface area (TPSA) is 13.1 Å². The molecular weight excluding hydrogens is 413 g/mol. The van der Waals surface area contributed by atoms with Crippen LogP contribution in [-0.4, -0.2) is 13.9 Å². The van der Waals surface area contributed by atoms with Gasteiger partial charge in [0.2, 0.25) is 0 Å². The van der Waals surface area contributed by atoms with E-state index in [9.17, 15) is 17.3 Å². The third-order valence-electron chi connectivity index (χ3n) is 4.46. The maximum absolute atomic E-state index is 9.75. The summed E-state index contributed by atoms with van der Waals surface area (Å²) in [5.41, 5.74) is 1.27. The predicted molar refractivity (Wildman–Crippen MR) is 117 cm³/mol. The van der Waals surface area contributed by atoms with Crippen molar-refractivity contribution in [1.82, 2.24) is 0 Å². The summed E-state index contributed by atoms with van der Waals surface area (Å²) in [4.78, 5) is 1.31. The molecule has 0 aliphatic carbocycles. The van der Waals surface area contributed by atoms with Crippen LogP contribution < -0.4 is 9.30 Å². The highest BCUT2D eigenvalue weighted by Crippen LogP contribution is 2.34. The summed E-state index contributed by atoms with van der Waals surface area (Å²) in [5.74, 6) is 0.961. The first-order valence-electron chi connectivity index (χ1n) is 9.66. The minimum absolute atomic E-state index is 0.791. The standard InChI is InChI=1S/C22H22NOS.BF4/c1-3-4-11-24-20-8-7-16-12-18(6-5-17(16)13-20)21-14-19-9-10-23(2)15-22(19)25-21;2-1(3,4)5/h5-10,12-15H,3-4,11H2,1-2H3;/q+1;-1. The minimum Gasteiger partial charge on any atom is -0.494 e. The van der Waals surface area contributed by atoms with E-state index in [-0.39, 0.29) is 0 Å². The van der Waals surface area contributed by atoms with Crippen LogP contribution in [-0.2, 0) is 7.05 Å². The van der Waals surface area contributed by atoms with Gasteiger partial charge in [0.1, 0.15) is 12.8 Å². The van der Waals surface area contributed by atoms with Gasteiger partial charge in [0, 0.05) is 16.3 Å². The average Bonchev–Trinajstić information content (AvgIpc) is 3.09. The van der Waals surface area contributed by atoms with E-state index in [1.54, 1.807) is 0 Å². The summed E-state index contributed by atoms with van der Waals surface area (Å²) >= 11 is 1.84. The minimum atomic E-state index is -6.00. The molecule has 0 fully saturated rings. The number of unbranched alkanes of at least 4 members (excludes halogenated alkanes) is 1. The number of rotatable bonds is 5. The average molecular weight is 435 g/mol. The van der Waals surface area contributed by atoms with Crippen molar-refractivity contribution < 1.29 is 26.6 Å². The van der Waals surface area contributed by atoms with Gasteiger partial charge in [-0.2, -0.15) is 0 Å². The molecule has 158 valence electrons. The molecule has 0 atom stereocenters. The number of aromatic nitrogens is 1. The molecule has 2 nitrogen and oxygen atoms in total. The predicted octanol–water partition coefficient (Wildman–Crippen LogP) is 7.02. The van der Waals surface area contributed by atoms with E-state index in [1.807, 2.05) is 11.3 Å². The van der Waals surface area contributed by atoms with Crippen LogP contribution in [0.4, 0.5) is 17.3 Å². The Morgan fingerprint density at radius 1 is 0.933 bits per heavy atom. The molecule has 2 heterocycles. The van der Waals surface area contributed by atoms with Gasteiger partial charge in [-0.05, 0) is 47.0 Å². The smallest absolute Gasteiger partial charge is 0.494 e. The van der Waals surface area contributed by atoms with Crippen LogP contribution in [0.5, 0.6) is 5.75 Å². The number of hydrogen-bond donors (Lipinski definition) is 0. The molecule has 0 saturated heterocycles. The molecule has 2 aromatic carbocycles. The fraction of sp³-hybridized carbons (Fsp3) is 0.227.